The molecule has 5 heteroatoms. The Kier molecular flexibility index (Phi) is 7.09. The van der Waals surface area contributed by atoms with Gasteiger partial charge >= 0.3 is 0 Å². The lowest BCUT2D eigenvalue weighted by Gasteiger charge is -2.38. The van der Waals surface area contributed by atoms with Crippen LogP contribution in [-0.2, 0) is 23.2 Å². The van der Waals surface area contributed by atoms with Crippen molar-refractivity contribution in [2.24, 2.45) is 0 Å². The fraction of sp³-hybridized carbons (Fsp3) is 0.542. The van der Waals surface area contributed by atoms with Crippen LogP contribution in [0.25, 0.3) is 0 Å². The van der Waals surface area contributed by atoms with Gasteiger partial charge in [0.15, 0.2) is 0 Å². The van der Waals surface area contributed by atoms with Gasteiger partial charge in [-0.1, -0.05) is 49.6 Å². The second-order valence-corrected chi connectivity index (χ2v) is 8.26. The summed E-state index contributed by atoms with van der Waals surface area (Å²) in [6.45, 7) is 5.33. The number of nitriles is 1. The van der Waals surface area contributed by atoms with E-state index in [0.29, 0.717) is 25.8 Å². The lowest BCUT2D eigenvalue weighted by molar-refractivity contribution is -0.121. The molecule has 1 N–H and O–H groups in total. The number of benzene rings is 1. The van der Waals surface area contributed by atoms with Crippen molar-refractivity contribution >= 4 is 5.91 Å². The highest BCUT2D eigenvalue weighted by atomic mass is 16.1. The predicted octanol–water partition coefficient (Wildman–Crippen LogP) is 4.36. The van der Waals surface area contributed by atoms with Gasteiger partial charge in [-0.15, -0.1) is 0 Å². The molecule has 1 aliphatic rings. The first kappa shape index (κ1) is 21.1. The zero-order chi connectivity index (χ0) is 20.7. The van der Waals surface area contributed by atoms with E-state index in [1.165, 1.54) is 24.8 Å². The Morgan fingerprint density at radius 3 is 2.62 bits per heavy atom. The van der Waals surface area contributed by atoms with Crippen molar-refractivity contribution in [2.75, 3.05) is 6.54 Å². The first-order valence-electron chi connectivity index (χ1n) is 10.8. The van der Waals surface area contributed by atoms with Crippen LogP contribution in [-0.4, -0.2) is 22.2 Å². The summed E-state index contributed by atoms with van der Waals surface area (Å²) < 4.78 is 1.89. The normalized spacial score (nSPS) is 15.6. The first-order valence-corrected chi connectivity index (χ1v) is 10.8. The van der Waals surface area contributed by atoms with Crippen LogP contribution in [0.4, 0.5) is 0 Å². The Morgan fingerprint density at radius 2 is 1.93 bits per heavy atom. The number of hydrogen-bond donors (Lipinski definition) is 1. The number of nitrogens with one attached hydrogen (secondary N) is 1. The SMILES string of the molecule is Cc1nn(CCC#N)c(C)c1CCC(=O)NCC1(c2ccccc2)CCCCC1. The largest absolute Gasteiger partial charge is 0.355 e. The van der Waals surface area contributed by atoms with Gasteiger partial charge in [0.05, 0.1) is 24.7 Å². The van der Waals surface area contributed by atoms with Crippen LogP contribution in [0.15, 0.2) is 30.3 Å². The zero-order valence-corrected chi connectivity index (χ0v) is 17.7. The maximum Gasteiger partial charge on any atom is 0.220 e. The van der Waals surface area contributed by atoms with Crippen LogP contribution < -0.4 is 5.32 Å². The van der Waals surface area contributed by atoms with Gasteiger partial charge in [-0.25, -0.2) is 0 Å². The van der Waals surface area contributed by atoms with E-state index in [9.17, 15) is 4.79 Å². The fourth-order valence-corrected chi connectivity index (χ4v) is 4.65. The molecule has 5 nitrogen and oxygen atoms in total. The highest BCUT2D eigenvalue weighted by Gasteiger charge is 2.34. The molecule has 0 aliphatic heterocycles. The van der Waals surface area contributed by atoms with E-state index in [-0.39, 0.29) is 11.3 Å². The molecule has 0 bridgehead atoms. The van der Waals surface area contributed by atoms with E-state index in [1.807, 2.05) is 18.5 Å². The number of aromatic nitrogens is 2. The fourth-order valence-electron chi connectivity index (χ4n) is 4.65. The molecule has 1 fully saturated rings. The van der Waals surface area contributed by atoms with Crippen molar-refractivity contribution in [1.29, 1.82) is 5.26 Å². The van der Waals surface area contributed by atoms with Crippen molar-refractivity contribution in [1.82, 2.24) is 15.1 Å². The van der Waals surface area contributed by atoms with Gasteiger partial charge in [-0.2, -0.15) is 10.4 Å². The van der Waals surface area contributed by atoms with E-state index in [1.54, 1.807) is 0 Å². The second kappa shape index (κ2) is 9.73. The van der Waals surface area contributed by atoms with Crippen molar-refractivity contribution < 1.29 is 4.79 Å². The minimum absolute atomic E-state index is 0.0726. The molecule has 29 heavy (non-hydrogen) atoms. The van der Waals surface area contributed by atoms with E-state index in [2.05, 4.69) is 46.8 Å². The Bertz CT molecular complexity index is 857. The van der Waals surface area contributed by atoms with Gasteiger partial charge < -0.3 is 5.32 Å². The van der Waals surface area contributed by atoms with Gasteiger partial charge in [-0.3, -0.25) is 9.48 Å². The first-order chi connectivity index (χ1) is 14.1. The molecule has 0 spiro atoms. The number of rotatable bonds is 8. The number of nitrogens with zero attached hydrogens (tertiary/aromatic N) is 3. The molecule has 0 atom stereocenters. The Labute approximate surface area is 174 Å². The summed E-state index contributed by atoms with van der Waals surface area (Å²) in [4.78, 5) is 12.7. The summed E-state index contributed by atoms with van der Waals surface area (Å²) in [6, 6.07) is 12.8. The molecule has 2 aromatic rings. The molecule has 0 saturated heterocycles. The minimum Gasteiger partial charge on any atom is -0.355 e. The highest BCUT2D eigenvalue weighted by Crippen LogP contribution is 2.38. The lowest BCUT2D eigenvalue weighted by Crippen LogP contribution is -2.42. The monoisotopic (exact) mass is 392 g/mol. The number of hydrogen-bond acceptors (Lipinski definition) is 3. The van der Waals surface area contributed by atoms with E-state index in [0.717, 1.165) is 36.3 Å². The van der Waals surface area contributed by atoms with E-state index in [4.69, 9.17) is 5.26 Å². The third-order valence-corrected chi connectivity index (χ3v) is 6.39. The van der Waals surface area contributed by atoms with Crippen molar-refractivity contribution in [3.05, 3.63) is 52.8 Å². The molecule has 0 unspecified atom stereocenters. The lowest BCUT2D eigenvalue weighted by atomic mass is 9.69. The van der Waals surface area contributed by atoms with Gasteiger partial charge in [0.2, 0.25) is 5.91 Å². The molecular formula is C24H32N4O. The number of amides is 1. The number of carbonyl (C=O) groups is 1. The predicted molar refractivity (Wildman–Crippen MR) is 114 cm³/mol. The quantitative estimate of drug-likeness (QED) is 0.725. The molecule has 1 aromatic heterocycles. The smallest absolute Gasteiger partial charge is 0.220 e. The summed E-state index contributed by atoms with van der Waals surface area (Å²) in [5, 5.41) is 16.6. The molecule has 3 rings (SSSR count). The molecule has 1 saturated carbocycles. The third kappa shape index (κ3) is 5.06. The van der Waals surface area contributed by atoms with Crippen LogP contribution in [0.5, 0.6) is 0 Å². The number of aryl methyl sites for hydroxylation is 2. The van der Waals surface area contributed by atoms with Crippen LogP contribution >= 0.6 is 0 Å². The van der Waals surface area contributed by atoms with Crippen LogP contribution in [0.1, 0.15) is 67.5 Å². The van der Waals surface area contributed by atoms with E-state index < -0.39 is 0 Å². The summed E-state index contributed by atoms with van der Waals surface area (Å²) in [5.41, 5.74) is 4.59. The molecule has 1 amide bonds. The van der Waals surface area contributed by atoms with Crippen LogP contribution in [0.2, 0.25) is 0 Å². The highest BCUT2D eigenvalue weighted by molar-refractivity contribution is 5.76. The maximum atomic E-state index is 12.7. The van der Waals surface area contributed by atoms with Crippen molar-refractivity contribution in [3.63, 3.8) is 0 Å². The molecule has 0 radical (unpaired) electrons. The van der Waals surface area contributed by atoms with Crippen LogP contribution in [0, 0.1) is 25.2 Å². The van der Waals surface area contributed by atoms with Gasteiger partial charge in [0, 0.05) is 24.1 Å². The summed E-state index contributed by atoms with van der Waals surface area (Å²) in [7, 11) is 0. The number of carbonyl (C=O) groups excluding carboxylic acids is 1. The minimum atomic E-state index is 0.0726. The van der Waals surface area contributed by atoms with Gasteiger partial charge in [0.1, 0.15) is 0 Å². The molecule has 1 heterocycles. The molecule has 154 valence electrons. The Morgan fingerprint density at radius 1 is 1.21 bits per heavy atom. The topological polar surface area (TPSA) is 70.7 Å². The average Bonchev–Trinajstić information content (AvgIpc) is 3.03. The van der Waals surface area contributed by atoms with Crippen LogP contribution in [0.3, 0.4) is 0 Å². The van der Waals surface area contributed by atoms with Crippen molar-refractivity contribution in [2.45, 2.75) is 77.2 Å². The Hall–Kier alpha value is -2.61. The third-order valence-electron chi connectivity index (χ3n) is 6.39. The van der Waals surface area contributed by atoms with E-state index >= 15 is 0 Å². The molecule has 1 aliphatic carbocycles. The average molecular weight is 393 g/mol. The molecular weight excluding hydrogens is 360 g/mol. The standard InChI is InChI=1S/C24H32N4O/c1-19-22(20(2)28(27-19)17-9-16-25)12-13-23(29)26-18-24(14-7-4-8-15-24)21-10-5-3-6-11-21/h3,5-6,10-11H,4,7-9,12-15,17-18H2,1-2H3,(H,26,29). The van der Waals surface area contributed by atoms with Gasteiger partial charge in [-0.05, 0) is 44.2 Å². The maximum absolute atomic E-state index is 12.7. The Balaban J connectivity index is 1.59. The summed E-state index contributed by atoms with van der Waals surface area (Å²) >= 11 is 0. The zero-order valence-electron chi connectivity index (χ0n) is 17.7. The summed E-state index contributed by atoms with van der Waals surface area (Å²) in [6.07, 6.45) is 7.63. The van der Waals surface area contributed by atoms with Gasteiger partial charge in [0.25, 0.3) is 0 Å². The van der Waals surface area contributed by atoms with Crippen molar-refractivity contribution in [3.8, 4) is 6.07 Å². The second-order valence-electron chi connectivity index (χ2n) is 8.26. The summed E-state index contributed by atoms with van der Waals surface area (Å²) in [5.74, 6) is 0.106. The molecule has 1 aromatic carbocycles.